The van der Waals surface area contributed by atoms with E-state index in [-0.39, 0.29) is 11.6 Å². The van der Waals surface area contributed by atoms with Crippen LogP contribution in [0.2, 0.25) is 0 Å². The number of nitrogens with one attached hydrogen (secondary N) is 1. The number of hydrogen-bond acceptors (Lipinski definition) is 5. The molecule has 0 amide bonds. The second kappa shape index (κ2) is 5.70. The Bertz CT molecular complexity index is 619. The van der Waals surface area contributed by atoms with Gasteiger partial charge in [-0.3, -0.25) is 10.1 Å². The molecule has 0 spiro atoms. The smallest absolute Gasteiger partial charge is 0.353 e. The average molecular weight is 276 g/mol. The first kappa shape index (κ1) is 14.0. The van der Waals surface area contributed by atoms with Gasteiger partial charge in [-0.15, -0.1) is 0 Å². The molecule has 0 bridgehead atoms. The van der Waals surface area contributed by atoms with Crippen molar-refractivity contribution >= 4 is 5.69 Å². The summed E-state index contributed by atoms with van der Waals surface area (Å²) in [4.78, 5) is 10.6. The molecule has 0 aliphatic carbocycles. The molecule has 7 heteroatoms. The van der Waals surface area contributed by atoms with Crippen molar-refractivity contribution in [2.24, 2.45) is 7.05 Å². The summed E-state index contributed by atoms with van der Waals surface area (Å²) in [5.41, 5.74) is 1.33. The molecule has 0 atom stereocenters. The number of nitrogens with zero attached hydrogens (tertiary/aromatic N) is 3. The molecule has 1 aromatic heterocycles. The third kappa shape index (κ3) is 2.77. The lowest BCUT2D eigenvalue weighted by Crippen LogP contribution is -2.04. The van der Waals surface area contributed by atoms with Crippen molar-refractivity contribution in [3.8, 4) is 11.6 Å². The predicted molar refractivity (Wildman–Crippen MR) is 73.9 cm³/mol. The SMILES string of the molecule is CNCc1ccc(Oc2c([N+](=O)[O-])c(C)nn2C)cc1. The number of aromatic nitrogens is 2. The van der Waals surface area contributed by atoms with Crippen molar-refractivity contribution in [3.63, 3.8) is 0 Å². The summed E-state index contributed by atoms with van der Waals surface area (Å²) in [6.45, 7) is 2.34. The van der Waals surface area contributed by atoms with Crippen LogP contribution in [0.15, 0.2) is 24.3 Å². The minimum absolute atomic E-state index is 0.105. The van der Waals surface area contributed by atoms with Crippen LogP contribution in [-0.4, -0.2) is 21.8 Å². The molecule has 1 aromatic carbocycles. The summed E-state index contributed by atoms with van der Waals surface area (Å²) >= 11 is 0. The van der Waals surface area contributed by atoms with Gasteiger partial charge in [0.2, 0.25) is 0 Å². The van der Waals surface area contributed by atoms with Gasteiger partial charge in [-0.05, 0) is 31.7 Å². The van der Waals surface area contributed by atoms with Gasteiger partial charge < -0.3 is 10.1 Å². The largest absolute Gasteiger partial charge is 0.434 e. The van der Waals surface area contributed by atoms with Crippen LogP contribution in [0.5, 0.6) is 11.6 Å². The first-order chi connectivity index (χ1) is 9.52. The van der Waals surface area contributed by atoms with Crippen LogP contribution in [0, 0.1) is 17.0 Å². The number of rotatable bonds is 5. The molecule has 0 unspecified atom stereocenters. The minimum atomic E-state index is -0.479. The first-order valence-electron chi connectivity index (χ1n) is 6.12. The molecular formula is C13H16N4O3. The predicted octanol–water partition coefficient (Wildman–Crippen LogP) is 2.15. The quantitative estimate of drug-likeness (QED) is 0.668. The Morgan fingerprint density at radius 2 is 2.05 bits per heavy atom. The normalized spacial score (nSPS) is 10.6. The summed E-state index contributed by atoms with van der Waals surface area (Å²) in [5.74, 6) is 0.671. The fraction of sp³-hybridized carbons (Fsp3) is 0.308. The van der Waals surface area contributed by atoms with Crippen molar-refractivity contribution in [2.75, 3.05) is 7.05 Å². The molecule has 7 nitrogen and oxygen atoms in total. The summed E-state index contributed by atoms with van der Waals surface area (Å²) in [5, 5.41) is 18.1. The van der Waals surface area contributed by atoms with Crippen molar-refractivity contribution < 1.29 is 9.66 Å². The summed E-state index contributed by atoms with van der Waals surface area (Å²) in [7, 11) is 3.48. The second-order valence-corrected chi connectivity index (χ2v) is 4.40. The second-order valence-electron chi connectivity index (χ2n) is 4.40. The van der Waals surface area contributed by atoms with Crippen LogP contribution < -0.4 is 10.1 Å². The molecule has 0 saturated carbocycles. The molecule has 20 heavy (non-hydrogen) atoms. The minimum Gasteiger partial charge on any atom is -0.434 e. The Morgan fingerprint density at radius 3 is 2.60 bits per heavy atom. The maximum absolute atomic E-state index is 11.0. The molecule has 0 radical (unpaired) electrons. The van der Waals surface area contributed by atoms with E-state index in [1.807, 2.05) is 19.2 Å². The Labute approximate surface area is 116 Å². The Morgan fingerprint density at radius 1 is 1.40 bits per heavy atom. The molecule has 2 aromatic rings. The summed E-state index contributed by atoms with van der Waals surface area (Å²) in [6.07, 6.45) is 0. The third-order valence-electron chi connectivity index (χ3n) is 2.84. The molecular weight excluding hydrogens is 260 g/mol. The van der Waals surface area contributed by atoms with E-state index in [0.29, 0.717) is 11.4 Å². The van der Waals surface area contributed by atoms with E-state index in [2.05, 4.69) is 10.4 Å². The van der Waals surface area contributed by atoms with Crippen molar-refractivity contribution in [1.82, 2.24) is 15.1 Å². The van der Waals surface area contributed by atoms with E-state index in [1.54, 1.807) is 26.1 Å². The van der Waals surface area contributed by atoms with Gasteiger partial charge >= 0.3 is 5.69 Å². The van der Waals surface area contributed by atoms with Crippen LogP contribution in [0.25, 0.3) is 0 Å². The zero-order valence-electron chi connectivity index (χ0n) is 11.6. The fourth-order valence-electron chi connectivity index (χ4n) is 1.94. The van der Waals surface area contributed by atoms with Crippen LogP contribution >= 0.6 is 0 Å². The lowest BCUT2D eigenvalue weighted by Gasteiger charge is -2.06. The maximum atomic E-state index is 11.0. The zero-order valence-corrected chi connectivity index (χ0v) is 11.6. The summed E-state index contributed by atoms with van der Waals surface area (Å²) < 4.78 is 6.96. The van der Waals surface area contributed by atoms with E-state index >= 15 is 0 Å². The number of ether oxygens (including phenoxy) is 1. The van der Waals surface area contributed by atoms with Gasteiger partial charge in [-0.2, -0.15) is 5.10 Å². The highest BCUT2D eigenvalue weighted by Gasteiger charge is 2.26. The first-order valence-corrected chi connectivity index (χ1v) is 6.12. The zero-order chi connectivity index (χ0) is 14.7. The monoisotopic (exact) mass is 276 g/mol. The molecule has 0 saturated heterocycles. The van der Waals surface area contributed by atoms with Gasteiger partial charge in [-0.1, -0.05) is 12.1 Å². The fourth-order valence-corrected chi connectivity index (χ4v) is 1.94. The van der Waals surface area contributed by atoms with Gasteiger partial charge in [0.05, 0.1) is 4.92 Å². The Balaban J connectivity index is 2.28. The van der Waals surface area contributed by atoms with E-state index in [1.165, 1.54) is 4.68 Å². The number of nitro groups is 1. The van der Waals surface area contributed by atoms with Crippen LogP contribution in [-0.2, 0) is 13.6 Å². The van der Waals surface area contributed by atoms with Gasteiger partial charge in [0.15, 0.2) is 0 Å². The van der Waals surface area contributed by atoms with E-state index < -0.39 is 4.92 Å². The lowest BCUT2D eigenvalue weighted by atomic mass is 10.2. The van der Waals surface area contributed by atoms with E-state index in [9.17, 15) is 10.1 Å². The van der Waals surface area contributed by atoms with Gasteiger partial charge in [0, 0.05) is 13.6 Å². The highest BCUT2D eigenvalue weighted by molar-refractivity contribution is 5.47. The molecule has 0 aliphatic heterocycles. The lowest BCUT2D eigenvalue weighted by molar-refractivity contribution is -0.386. The molecule has 0 fully saturated rings. The highest BCUT2D eigenvalue weighted by Crippen LogP contribution is 2.33. The van der Waals surface area contributed by atoms with Gasteiger partial charge in [0.1, 0.15) is 11.4 Å². The van der Waals surface area contributed by atoms with Crippen LogP contribution in [0.4, 0.5) is 5.69 Å². The molecule has 106 valence electrons. The Hall–Kier alpha value is -2.41. The third-order valence-corrected chi connectivity index (χ3v) is 2.84. The summed E-state index contributed by atoms with van der Waals surface area (Å²) in [6, 6.07) is 7.36. The molecule has 2 rings (SSSR count). The van der Waals surface area contributed by atoms with Gasteiger partial charge in [0.25, 0.3) is 5.88 Å². The number of hydrogen-bond donors (Lipinski definition) is 1. The standard InChI is InChI=1S/C13H16N4O3/c1-9-12(17(18)19)13(16(3)15-9)20-11-6-4-10(5-7-11)8-14-2/h4-7,14H,8H2,1-3H3. The highest BCUT2D eigenvalue weighted by atomic mass is 16.6. The van der Waals surface area contributed by atoms with Crippen molar-refractivity contribution in [1.29, 1.82) is 0 Å². The van der Waals surface area contributed by atoms with Gasteiger partial charge in [-0.25, -0.2) is 4.68 Å². The number of aryl methyl sites for hydroxylation is 2. The van der Waals surface area contributed by atoms with Crippen LogP contribution in [0.1, 0.15) is 11.3 Å². The average Bonchev–Trinajstić information content (AvgIpc) is 2.67. The van der Waals surface area contributed by atoms with Crippen LogP contribution in [0.3, 0.4) is 0 Å². The maximum Gasteiger partial charge on any atom is 0.353 e. The molecule has 1 N–H and O–H groups in total. The Kier molecular flexibility index (Phi) is 3.99. The van der Waals surface area contributed by atoms with Crippen molar-refractivity contribution in [2.45, 2.75) is 13.5 Å². The van der Waals surface area contributed by atoms with Crippen molar-refractivity contribution in [3.05, 3.63) is 45.6 Å². The van der Waals surface area contributed by atoms with E-state index in [0.717, 1.165) is 12.1 Å². The van der Waals surface area contributed by atoms with E-state index in [4.69, 9.17) is 4.74 Å². The molecule has 1 heterocycles. The number of benzene rings is 1. The molecule has 0 aliphatic rings. The topological polar surface area (TPSA) is 82.2 Å².